The third-order valence-electron chi connectivity index (χ3n) is 2.67. The Morgan fingerprint density at radius 1 is 1.58 bits per heavy atom. The van der Waals surface area contributed by atoms with E-state index < -0.39 is 5.97 Å². The summed E-state index contributed by atoms with van der Waals surface area (Å²) in [7, 11) is 0. The van der Waals surface area contributed by atoms with Crippen LogP contribution in [0.3, 0.4) is 0 Å². The van der Waals surface area contributed by atoms with E-state index in [1.54, 1.807) is 5.38 Å². The third-order valence-corrected chi connectivity index (χ3v) is 3.43. The highest BCUT2D eigenvalue weighted by Crippen LogP contribution is 2.17. The molecular weight excluding hydrogens is 268 g/mol. The summed E-state index contributed by atoms with van der Waals surface area (Å²) in [5.41, 5.74) is 0.213. The average Bonchev–Trinajstić information content (AvgIpc) is 2.85. The van der Waals surface area contributed by atoms with Crippen LogP contribution in [0.2, 0.25) is 0 Å². The molecule has 1 aromatic rings. The van der Waals surface area contributed by atoms with Gasteiger partial charge < -0.3 is 14.8 Å². The van der Waals surface area contributed by atoms with E-state index in [4.69, 9.17) is 9.47 Å². The topological polar surface area (TPSA) is 77.5 Å². The van der Waals surface area contributed by atoms with Crippen molar-refractivity contribution in [1.82, 2.24) is 4.98 Å². The summed E-state index contributed by atoms with van der Waals surface area (Å²) >= 11 is 1.19. The van der Waals surface area contributed by atoms with Gasteiger partial charge in [0.25, 0.3) is 0 Å². The Bertz CT molecular complexity index is 454. The molecule has 1 aliphatic rings. The number of hydrogen-bond donors (Lipinski definition) is 1. The molecule has 19 heavy (non-hydrogen) atoms. The van der Waals surface area contributed by atoms with Crippen molar-refractivity contribution in [3.8, 4) is 0 Å². The van der Waals surface area contributed by atoms with Crippen molar-refractivity contribution in [2.45, 2.75) is 32.3 Å². The second-order valence-corrected chi connectivity index (χ2v) is 5.16. The van der Waals surface area contributed by atoms with Crippen LogP contribution in [0.1, 0.15) is 36.7 Å². The molecule has 0 aromatic carbocycles. The van der Waals surface area contributed by atoms with Crippen LogP contribution in [0.5, 0.6) is 0 Å². The van der Waals surface area contributed by atoms with Gasteiger partial charge in [-0.1, -0.05) is 0 Å². The molecule has 104 valence electrons. The fraction of sp³-hybridized carbons (Fsp3) is 0.583. The quantitative estimate of drug-likeness (QED) is 0.853. The Morgan fingerprint density at radius 2 is 2.42 bits per heavy atom. The van der Waals surface area contributed by atoms with Gasteiger partial charge in [-0.05, 0) is 19.3 Å². The Hall–Kier alpha value is -1.47. The average molecular weight is 284 g/mol. The van der Waals surface area contributed by atoms with Gasteiger partial charge >= 0.3 is 5.97 Å². The number of carbonyl (C=O) groups is 2. The number of anilines is 1. The van der Waals surface area contributed by atoms with Crippen LogP contribution in [-0.2, 0) is 14.3 Å². The second-order valence-electron chi connectivity index (χ2n) is 4.31. The van der Waals surface area contributed by atoms with Gasteiger partial charge in [0.05, 0.1) is 6.10 Å². The van der Waals surface area contributed by atoms with Crippen molar-refractivity contribution in [2.24, 2.45) is 0 Å². The summed E-state index contributed by atoms with van der Waals surface area (Å²) in [4.78, 5) is 26.6. The van der Waals surface area contributed by atoms with Gasteiger partial charge in [-0.15, -0.1) is 11.3 Å². The molecule has 0 aliphatic carbocycles. The maximum Gasteiger partial charge on any atom is 0.357 e. The number of hydrogen-bond acceptors (Lipinski definition) is 6. The van der Waals surface area contributed by atoms with Crippen LogP contribution >= 0.6 is 11.3 Å². The fourth-order valence-corrected chi connectivity index (χ4v) is 2.48. The van der Waals surface area contributed by atoms with Crippen molar-refractivity contribution in [3.63, 3.8) is 0 Å². The van der Waals surface area contributed by atoms with Crippen molar-refractivity contribution in [3.05, 3.63) is 11.1 Å². The lowest BCUT2D eigenvalue weighted by atomic mass is 10.1. The van der Waals surface area contributed by atoms with Gasteiger partial charge in [0.1, 0.15) is 6.61 Å². The largest absolute Gasteiger partial charge is 0.458 e. The summed E-state index contributed by atoms with van der Waals surface area (Å²) in [6.07, 6.45) is 3.08. The molecule has 6 nitrogen and oxygen atoms in total. The van der Waals surface area contributed by atoms with Gasteiger partial charge in [0, 0.05) is 18.9 Å². The predicted octanol–water partition coefficient (Wildman–Crippen LogP) is 1.83. The fourth-order valence-electron chi connectivity index (χ4n) is 1.76. The molecule has 1 atom stereocenters. The van der Waals surface area contributed by atoms with Crippen LogP contribution in [0.15, 0.2) is 5.38 Å². The summed E-state index contributed by atoms with van der Waals surface area (Å²) in [6, 6.07) is 0. The first-order chi connectivity index (χ1) is 9.15. The molecule has 1 aliphatic heterocycles. The normalized spacial score (nSPS) is 18.9. The number of nitrogens with zero attached hydrogens (tertiary/aromatic N) is 1. The van der Waals surface area contributed by atoms with Crippen LogP contribution in [0.25, 0.3) is 0 Å². The first-order valence-corrected chi connectivity index (χ1v) is 7.05. The molecule has 1 aromatic heterocycles. The zero-order valence-corrected chi connectivity index (χ0v) is 11.5. The molecule has 2 heterocycles. The standard InChI is InChI=1S/C12H16N2O4S/c1-8(15)13-12-14-10(7-19-12)11(16)18-6-9-4-2-3-5-17-9/h7,9H,2-6H2,1H3,(H,13,14,15). The first kappa shape index (κ1) is 14.0. The highest BCUT2D eigenvalue weighted by Gasteiger charge is 2.18. The number of aromatic nitrogens is 1. The minimum Gasteiger partial charge on any atom is -0.458 e. The van der Waals surface area contributed by atoms with E-state index in [1.165, 1.54) is 18.3 Å². The van der Waals surface area contributed by atoms with Gasteiger partial charge in [-0.25, -0.2) is 9.78 Å². The Morgan fingerprint density at radius 3 is 3.11 bits per heavy atom. The molecule has 1 unspecified atom stereocenters. The minimum atomic E-state index is -0.484. The van der Waals surface area contributed by atoms with Gasteiger partial charge in [-0.3, -0.25) is 4.79 Å². The summed E-state index contributed by atoms with van der Waals surface area (Å²) < 4.78 is 10.6. The summed E-state index contributed by atoms with van der Waals surface area (Å²) in [5.74, 6) is -0.702. The first-order valence-electron chi connectivity index (χ1n) is 6.17. The van der Waals surface area contributed by atoms with Crippen LogP contribution < -0.4 is 5.32 Å². The molecule has 0 radical (unpaired) electrons. The minimum absolute atomic E-state index is 0.00819. The molecular formula is C12H16N2O4S. The molecule has 0 saturated carbocycles. The van der Waals surface area contributed by atoms with E-state index >= 15 is 0 Å². The molecule has 2 rings (SSSR count). The Kier molecular flexibility index (Phi) is 4.86. The molecule has 0 bridgehead atoms. The highest BCUT2D eigenvalue weighted by atomic mass is 32.1. The summed E-state index contributed by atoms with van der Waals surface area (Å²) in [6.45, 7) is 2.37. The number of carbonyl (C=O) groups excluding carboxylic acids is 2. The number of amides is 1. The Balaban J connectivity index is 1.81. The number of ether oxygens (including phenoxy) is 2. The zero-order valence-electron chi connectivity index (χ0n) is 10.7. The smallest absolute Gasteiger partial charge is 0.357 e. The molecule has 1 fully saturated rings. The van der Waals surface area contributed by atoms with Crippen molar-refractivity contribution >= 4 is 28.3 Å². The molecule has 1 saturated heterocycles. The third kappa shape index (κ3) is 4.29. The van der Waals surface area contributed by atoms with E-state index in [-0.39, 0.29) is 24.3 Å². The molecule has 7 heteroatoms. The van der Waals surface area contributed by atoms with Gasteiger partial charge in [0.2, 0.25) is 5.91 Å². The van der Waals surface area contributed by atoms with E-state index in [1.807, 2.05) is 0 Å². The maximum absolute atomic E-state index is 11.7. The molecule has 1 amide bonds. The lowest BCUT2D eigenvalue weighted by molar-refractivity contribution is -0.114. The zero-order chi connectivity index (χ0) is 13.7. The SMILES string of the molecule is CC(=O)Nc1nc(C(=O)OCC2CCCCO2)cs1. The highest BCUT2D eigenvalue weighted by molar-refractivity contribution is 7.14. The Labute approximate surface area is 115 Å². The number of rotatable bonds is 4. The monoisotopic (exact) mass is 284 g/mol. The molecule has 1 N–H and O–H groups in total. The number of esters is 1. The van der Waals surface area contributed by atoms with Gasteiger partial charge in [-0.2, -0.15) is 0 Å². The van der Waals surface area contributed by atoms with Crippen molar-refractivity contribution in [1.29, 1.82) is 0 Å². The lowest BCUT2D eigenvalue weighted by Crippen LogP contribution is -2.26. The van der Waals surface area contributed by atoms with Crippen LogP contribution in [-0.4, -0.2) is 36.2 Å². The van der Waals surface area contributed by atoms with Gasteiger partial charge in [0.15, 0.2) is 10.8 Å². The van der Waals surface area contributed by atoms with Crippen LogP contribution in [0.4, 0.5) is 5.13 Å². The maximum atomic E-state index is 11.7. The van der Waals surface area contributed by atoms with E-state index in [0.29, 0.717) is 5.13 Å². The van der Waals surface area contributed by atoms with E-state index in [2.05, 4.69) is 10.3 Å². The number of nitrogens with one attached hydrogen (secondary N) is 1. The van der Waals surface area contributed by atoms with Crippen LogP contribution in [0, 0.1) is 0 Å². The lowest BCUT2D eigenvalue weighted by Gasteiger charge is -2.21. The van der Waals surface area contributed by atoms with Crippen molar-refractivity contribution in [2.75, 3.05) is 18.5 Å². The van der Waals surface area contributed by atoms with E-state index in [9.17, 15) is 9.59 Å². The number of thiazole rings is 1. The van der Waals surface area contributed by atoms with E-state index in [0.717, 1.165) is 25.9 Å². The van der Waals surface area contributed by atoms with Crippen molar-refractivity contribution < 1.29 is 19.1 Å². The second kappa shape index (κ2) is 6.63. The molecule has 0 spiro atoms. The summed E-state index contributed by atoms with van der Waals surface area (Å²) in [5, 5.41) is 4.48. The predicted molar refractivity (Wildman–Crippen MR) is 70.3 cm³/mol.